The van der Waals surface area contributed by atoms with Crippen LogP contribution in [0.3, 0.4) is 0 Å². The molecule has 18 heavy (non-hydrogen) atoms. The zero-order valence-corrected chi connectivity index (χ0v) is 11.7. The predicted molar refractivity (Wildman–Crippen MR) is 72.0 cm³/mol. The fourth-order valence-corrected chi connectivity index (χ4v) is 1.12. The van der Waals surface area contributed by atoms with Crippen molar-refractivity contribution in [2.75, 3.05) is 66.4 Å². The molecule has 0 fully saturated rings. The van der Waals surface area contributed by atoms with Crippen molar-refractivity contribution in [3.63, 3.8) is 0 Å². The molecule has 0 unspecified atom stereocenters. The second kappa shape index (κ2) is 14.6. The summed E-state index contributed by atoms with van der Waals surface area (Å²) in [5.41, 5.74) is 1.05. The highest BCUT2D eigenvalue weighted by molar-refractivity contribution is 4.87. The molecule has 5 nitrogen and oxygen atoms in total. The largest absolute Gasteiger partial charge is 0.382 e. The molecule has 5 heteroatoms. The van der Waals surface area contributed by atoms with Gasteiger partial charge in [0, 0.05) is 20.2 Å². The van der Waals surface area contributed by atoms with Crippen molar-refractivity contribution >= 4 is 0 Å². The summed E-state index contributed by atoms with van der Waals surface area (Å²) in [7, 11) is 1.66. The van der Waals surface area contributed by atoms with Crippen LogP contribution < -0.4 is 5.32 Å². The van der Waals surface area contributed by atoms with Gasteiger partial charge >= 0.3 is 0 Å². The molecule has 0 amide bonds. The topological polar surface area (TPSA) is 49.0 Å². The Morgan fingerprint density at radius 1 is 0.889 bits per heavy atom. The van der Waals surface area contributed by atoms with Gasteiger partial charge in [-0.15, -0.1) is 0 Å². The second-order valence-corrected chi connectivity index (χ2v) is 3.98. The van der Waals surface area contributed by atoms with Gasteiger partial charge in [-0.3, -0.25) is 0 Å². The molecule has 0 saturated carbocycles. The first-order valence-corrected chi connectivity index (χ1v) is 6.34. The molecular formula is C13H27NO4. The van der Waals surface area contributed by atoms with E-state index in [9.17, 15) is 0 Å². The first-order valence-electron chi connectivity index (χ1n) is 6.34. The van der Waals surface area contributed by atoms with Crippen LogP contribution in [-0.4, -0.2) is 66.4 Å². The zero-order chi connectivity index (χ0) is 13.5. The molecule has 0 aliphatic rings. The summed E-state index contributed by atoms with van der Waals surface area (Å²) in [5, 5.41) is 3.23. The third-order valence-electron chi connectivity index (χ3n) is 2.00. The lowest BCUT2D eigenvalue weighted by atomic mass is 10.4. The van der Waals surface area contributed by atoms with Crippen LogP contribution in [0, 0.1) is 0 Å². The van der Waals surface area contributed by atoms with Crippen LogP contribution in [0.4, 0.5) is 0 Å². The minimum Gasteiger partial charge on any atom is -0.382 e. The zero-order valence-electron chi connectivity index (χ0n) is 11.7. The summed E-state index contributed by atoms with van der Waals surface area (Å²) in [6.45, 7) is 11.9. The SMILES string of the molecule is C=C(C)COCCNCCOCCOCCOC. The van der Waals surface area contributed by atoms with Gasteiger partial charge in [-0.05, 0) is 6.92 Å². The summed E-state index contributed by atoms with van der Waals surface area (Å²) in [6.07, 6.45) is 0. The molecule has 0 rings (SSSR count). The lowest BCUT2D eigenvalue weighted by molar-refractivity contribution is 0.0253. The van der Waals surface area contributed by atoms with Gasteiger partial charge in [-0.25, -0.2) is 0 Å². The summed E-state index contributed by atoms with van der Waals surface area (Å²) in [6, 6.07) is 0. The van der Waals surface area contributed by atoms with Crippen molar-refractivity contribution in [1.29, 1.82) is 0 Å². The normalized spacial score (nSPS) is 10.8. The van der Waals surface area contributed by atoms with Gasteiger partial charge in [0.25, 0.3) is 0 Å². The molecule has 0 aromatic heterocycles. The Kier molecular flexibility index (Phi) is 14.2. The smallest absolute Gasteiger partial charge is 0.0701 e. The van der Waals surface area contributed by atoms with E-state index in [4.69, 9.17) is 18.9 Å². The minimum atomic E-state index is 0.616. The molecule has 0 aromatic carbocycles. The van der Waals surface area contributed by atoms with E-state index in [2.05, 4.69) is 11.9 Å². The number of hydrogen-bond donors (Lipinski definition) is 1. The third kappa shape index (κ3) is 15.5. The maximum atomic E-state index is 5.38. The molecule has 108 valence electrons. The lowest BCUT2D eigenvalue weighted by Gasteiger charge is -2.07. The second-order valence-electron chi connectivity index (χ2n) is 3.98. The molecule has 0 saturated heterocycles. The van der Waals surface area contributed by atoms with E-state index >= 15 is 0 Å². The molecule has 0 radical (unpaired) electrons. The van der Waals surface area contributed by atoms with E-state index in [0.29, 0.717) is 46.2 Å². The van der Waals surface area contributed by atoms with E-state index in [1.165, 1.54) is 0 Å². The molecule has 0 spiro atoms. The molecule has 0 aromatic rings. The van der Waals surface area contributed by atoms with Crippen LogP contribution in [0.15, 0.2) is 12.2 Å². The van der Waals surface area contributed by atoms with Crippen molar-refractivity contribution in [3.05, 3.63) is 12.2 Å². The Bertz CT molecular complexity index is 188. The van der Waals surface area contributed by atoms with Gasteiger partial charge in [0.15, 0.2) is 0 Å². The molecule has 0 bridgehead atoms. The average molecular weight is 261 g/mol. The molecule has 0 aliphatic carbocycles. The first-order chi connectivity index (χ1) is 8.77. The minimum absolute atomic E-state index is 0.616. The van der Waals surface area contributed by atoms with Gasteiger partial charge in [-0.1, -0.05) is 12.2 Å². The van der Waals surface area contributed by atoms with E-state index in [1.807, 2.05) is 6.92 Å². The Labute approximate surface area is 110 Å². The fraction of sp³-hybridized carbons (Fsp3) is 0.846. The van der Waals surface area contributed by atoms with Crippen LogP contribution >= 0.6 is 0 Å². The van der Waals surface area contributed by atoms with Gasteiger partial charge in [0.05, 0.1) is 46.2 Å². The summed E-state index contributed by atoms with van der Waals surface area (Å²) < 4.78 is 20.8. The van der Waals surface area contributed by atoms with Crippen molar-refractivity contribution in [2.24, 2.45) is 0 Å². The quantitative estimate of drug-likeness (QED) is 0.371. The molecule has 0 aliphatic heterocycles. The highest BCUT2D eigenvalue weighted by Crippen LogP contribution is 1.86. The lowest BCUT2D eigenvalue weighted by Crippen LogP contribution is -2.24. The Hall–Kier alpha value is -0.460. The molecule has 1 N–H and O–H groups in total. The summed E-state index contributed by atoms with van der Waals surface area (Å²) in [5.74, 6) is 0. The van der Waals surface area contributed by atoms with Crippen molar-refractivity contribution in [3.8, 4) is 0 Å². The first kappa shape index (κ1) is 17.5. The standard InChI is InChI=1S/C13H27NO4/c1-13(2)12-18-7-5-14-4-6-16-10-11-17-9-8-15-3/h14H,1,4-12H2,2-3H3. The average Bonchev–Trinajstić information content (AvgIpc) is 2.34. The van der Waals surface area contributed by atoms with Crippen molar-refractivity contribution in [2.45, 2.75) is 6.92 Å². The molecule has 0 atom stereocenters. The van der Waals surface area contributed by atoms with E-state index < -0.39 is 0 Å². The maximum Gasteiger partial charge on any atom is 0.0701 e. The van der Waals surface area contributed by atoms with Crippen molar-refractivity contribution in [1.82, 2.24) is 5.32 Å². The van der Waals surface area contributed by atoms with Crippen molar-refractivity contribution < 1.29 is 18.9 Å². The maximum absolute atomic E-state index is 5.38. The molecule has 0 heterocycles. The Morgan fingerprint density at radius 2 is 1.44 bits per heavy atom. The van der Waals surface area contributed by atoms with Crippen LogP contribution in [0.25, 0.3) is 0 Å². The van der Waals surface area contributed by atoms with E-state index in [0.717, 1.165) is 18.7 Å². The Balaban J connectivity index is 2.92. The van der Waals surface area contributed by atoms with Crippen LogP contribution in [0.2, 0.25) is 0 Å². The summed E-state index contributed by atoms with van der Waals surface area (Å²) >= 11 is 0. The van der Waals surface area contributed by atoms with Crippen LogP contribution in [0.5, 0.6) is 0 Å². The Morgan fingerprint density at radius 3 is 2.06 bits per heavy atom. The number of hydrogen-bond acceptors (Lipinski definition) is 5. The predicted octanol–water partition coefficient (Wildman–Crippen LogP) is 0.848. The highest BCUT2D eigenvalue weighted by atomic mass is 16.5. The van der Waals surface area contributed by atoms with Crippen LogP contribution in [0.1, 0.15) is 6.92 Å². The summed E-state index contributed by atoms with van der Waals surface area (Å²) in [4.78, 5) is 0. The highest BCUT2D eigenvalue weighted by Gasteiger charge is 1.91. The third-order valence-corrected chi connectivity index (χ3v) is 2.00. The number of nitrogens with one attached hydrogen (secondary N) is 1. The van der Waals surface area contributed by atoms with E-state index in [-0.39, 0.29) is 0 Å². The van der Waals surface area contributed by atoms with Gasteiger partial charge in [-0.2, -0.15) is 0 Å². The van der Waals surface area contributed by atoms with Gasteiger partial charge in [0.1, 0.15) is 0 Å². The number of rotatable bonds is 14. The van der Waals surface area contributed by atoms with Crippen LogP contribution in [-0.2, 0) is 18.9 Å². The number of ether oxygens (including phenoxy) is 4. The fourth-order valence-electron chi connectivity index (χ4n) is 1.12. The van der Waals surface area contributed by atoms with E-state index in [1.54, 1.807) is 7.11 Å². The van der Waals surface area contributed by atoms with Gasteiger partial charge in [0.2, 0.25) is 0 Å². The van der Waals surface area contributed by atoms with Gasteiger partial charge < -0.3 is 24.3 Å². The number of methoxy groups -OCH3 is 1. The molecular weight excluding hydrogens is 234 g/mol. The monoisotopic (exact) mass is 261 g/mol.